The number of nitrogens with zero attached hydrogens (tertiary/aromatic N) is 4. The number of benzene rings is 1. The number of aryl methyl sites for hydroxylation is 2. The highest BCUT2D eigenvalue weighted by Gasteiger charge is 2.34. The van der Waals surface area contributed by atoms with Crippen molar-refractivity contribution in [2.45, 2.75) is 19.4 Å². The van der Waals surface area contributed by atoms with Gasteiger partial charge in [0.15, 0.2) is 0 Å². The molecule has 0 bridgehead atoms. The Morgan fingerprint density at radius 3 is 2.83 bits per heavy atom. The first-order valence-corrected chi connectivity index (χ1v) is 7.65. The van der Waals surface area contributed by atoms with Gasteiger partial charge in [-0.1, -0.05) is 11.6 Å². The number of aromatic nitrogens is 2. The molecule has 1 amide bonds. The van der Waals surface area contributed by atoms with E-state index in [1.165, 1.54) is 0 Å². The third kappa shape index (κ3) is 2.88. The van der Waals surface area contributed by atoms with Crippen molar-refractivity contribution in [3.63, 3.8) is 0 Å². The van der Waals surface area contributed by atoms with Gasteiger partial charge in [-0.15, -0.1) is 0 Å². The normalized spacial score (nSPS) is 17.4. The molecule has 0 spiro atoms. The molecule has 2 aromatic rings. The molecule has 1 atom stereocenters. The lowest BCUT2D eigenvalue weighted by molar-refractivity contribution is -0.117. The zero-order valence-corrected chi connectivity index (χ0v) is 13.6. The maximum Gasteiger partial charge on any atom is 0.250 e. The zero-order chi connectivity index (χ0) is 16.6. The Kier molecular flexibility index (Phi) is 3.97. The molecule has 1 aromatic heterocycles. The maximum absolute atomic E-state index is 12.6. The van der Waals surface area contributed by atoms with Crippen LogP contribution in [-0.2, 0) is 11.8 Å². The van der Waals surface area contributed by atoms with Crippen LogP contribution in [0.1, 0.15) is 17.7 Å². The monoisotopic (exact) mass is 329 g/mol. The first-order valence-electron chi connectivity index (χ1n) is 7.28. The second kappa shape index (κ2) is 5.94. The summed E-state index contributed by atoms with van der Waals surface area (Å²) in [5, 5.41) is 16.8. The predicted octanol–water partition coefficient (Wildman–Crippen LogP) is 2.47. The van der Waals surface area contributed by atoms with E-state index in [4.69, 9.17) is 16.9 Å². The quantitative estimate of drug-likeness (QED) is 0.938. The van der Waals surface area contributed by atoms with Crippen LogP contribution in [0.4, 0.5) is 11.5 Å². The van der Waals surface area contributed by atoms with Gasteiger partial charge in [0.2, 0.25) is 0 Å². The van der Waals surface area contributed by atoms with Crippen LogP contribution < -0.4 is 10.2 Å². The Hall–Kier alpha value is -2.52. The van der Waals surface area contributed by atoms with E-state index in [1.54, 1.807) is 27.8 Å². The molecule has 0 saturated carbocycles. The van der Waals surface area contributed by atoms with Gasteiger partial charge >= 0.3 is 0 Å². The van der Waals surface area contributed by atoms with Crippen LogP contribution in [0.15, 0.2) is 24.3 Å². The van der Waals surface area contributed by atoms with Crippen LogP contribution in [0.2, 0.25) is 5.02 Å². The molecule has 1 aromatic carbocycles. The molecule has 1 saturated heterocycles. The summed E-state index contributed by atoms with van der Waals surface area (Å²) in [7, 11) is 1.83. The molecule has 23 heavy (non-hydrogen) atoms. The third-order valence-electron chi connectivity index (χ3n) is 3.89. The van der Waals surface area contributed by atoms with E-state index in [-0.39, 0.29) is 11.9 Å². The van der Waals surface area contributed by atoms with Crippen molar-refractivity contribution in [2.24, 2.45) is 7.05 Å². The number of carbonyl (C=O) groups excluding carboxylic acids is 1. The number of nitriles is 1. The highest BCUT2D eigenvalue weighted by Crippen LogP contribution is 2.26. The summed E-state index contributed by atoms with van der Waals surface area (Å²) >= 11 is 6.03. The summed E-state index contributed by atoms with van der Waals surface area (Å²) in [6, 6.07) is 8.68. The zero-order valence-electron chi connectivity index (χ0n) is 12.9. The Morgan fingerprint density at radius 1 is 1.43 bits per heavy atom. The summed E-state index contributed by atoms with van der Waals surface area (Å²) in [6.45, 7) is 2.54. The van der Waals surface area contributed by atoms with Crippen molar-refractivity contribution in [1.82, 2.24) is 9.78 Å². The summed E-state index contributed by atoms with van der Waals surface area (Å²) < 4.78 is 1.72. The molecule has 1 unspecified atom stereocenters. The van der Waals surface area contributed by atoms with E-state index < -0.39 is 0 Å². The molecular weight excluding hydrogens is 314 g/mol. The van der Waals surface area contributed by atoms with Gasteiger partial charge in [-0.25, -0.2) is 0 Å². The van der Waals surface area contributed by atoms with Crippen LogP contribution in [0.5, 0.6) is 0 Å². The number of hydrogen-bond donors (Lipinski definition) is 1. The lowest BCUT2D eigenvalue weighted by Gasteiger charge is -2.17. The Morgan fingerprint density at radius 2 is 2.22 bits per heavy atom. The number of amides is 1. The Labute approximate surface area is 139 Å². The van der Waals surface area contributed by atoms with Crippen LogP contribution in [0, 0.1) is 18.3 Å². The van der Waals surface area contributed by atoms with Gasteiger partial charge in [-0.2, -0.15) is 10.4 Å². The van der Waals surface area contributed by atoms with Crippen molar-refractivity contribution in [3.05, 3.63) is 40.5 Å². The fourth-order valence-electron chi connectivity index (χ4n) is 2.79. The van der Waals surface area contributed by atoms with Crippen LogP contribution in [0.3, 0.4) is 0 Å². The van der Waals surface area contributed by atoms with Gasteiger partial charge in [-0.05, 0) is 31.5 Å². The Balaban J connectivity index is 1.76. The van der Waals surface area contributed by atoms with Crippen molar-refractivity contribution < 1.29 is 4.79 Å². The number of nitrogens with one attached hydrogen (secondary N) is 1. The van der Waals surface area contributed by atoms with E-state index in [9.17, 15) is 4.79 Å². The molecule has 1 N–H and O–H groups in total. The van der Waals surface area contributed by atoms with Crippen molar-refractivity contribution in [3.8, 4) is 6.07 Å². The Bertz CT molecular complexity index is 807. The number of anilines is 2. The molecule has 3 rings (SSSR count). The molecule has 7 heteroatoms. The topological polar surface area (TPSA) is 74.0 Å². The molecule has 1 aliphatic rings. The SMILES string of the molecule is Cc1cc(N2CCC(Nc3ccc(C#N)c(Cl)c3)C2=O)n(C)n1. The van der Waals surface area contributed by atoms with Crippen molar-refractivity contribution in [2.75, 3.05) is 16.8 Å². The lowest BCUT2D eigenvalue weighted by Crippen LogP contribution is -2.34. The number of rotatable bonds is 3. The van der Waals surface area contributed by atoms with Crippen molar-refractivity contribution in [1.29, 1.82) is 5.26 Å². The number of hydrogen-bond acceptors (Lipinski definition) is 4. The first-order chi connectivity index (χ1) is 11.0. The highest BCUT2D eigenvalue weighted by molar-refractivity contribution is 6.32. The number of halogens is 1. The van der Waals surface area contributed by atoms with Gasteiger partial charge in [0, 0.05) is 25.3 Å². The van der Waals surface area contributed by atoms with Gasteiger partial charge < -0.3 is 5.32 Å². The molecule has 1 aliphatic heterocycles. The van der Waals surface area contributed by atoms with E-state index >= 15 is 0 Å². The third-order valence-corrected chi connectivity index (χ3v) is 4.20. The predicted molar refractivity (Wildman–Crippen MR) is 88.5 cm³/mol. The number of carbonyl (C=O) groups is 1. The van der Waals surface area contributed by atoms with Gasteiger partial charge in [0.1, 0.15) is 17.9 Å². The summed E-state index contributed by atoms with van der Waals surface area (Å²) in [6.07, 6.45) is 0.695. The minimum absolute atomic E-state index is 0.00785. The minimum Gasteiger partial charge on any atom is -0.374 e. The smallest absolute Gasteiger partial charge is 0.250 e. The average molecular weight is 330 g/mol. The molecule has 1 fully saturated rings. The molecule has 2 heterocycles. The van der Waals surface area contributed by atoms with Gasteiger partial charge in [0.05, 0.1) is 16.3 Å². The van der Waals surface area contributed by atoms with E-state index in [0.29, 0.717) is 23.6 Å². The van der Waals surface area contributed by atoms with Gasteiger partial charge in [0.25, 0.3) is 5.91 Å². The highest BCUT2D eigenvalue weighted by atomic mass is 35.5. The summed E-state index contributed by atoms with van der Waals surface area (Å²) in [5.74, 6) is 0.808. The van der Waals surface area contributed by atoms with Gasteiger partial charge in [-0.3, -0.25) is 14.4 Å². The minimum atomic E-state index is -0.311. The van der Waals surface area contributed by atoms with Crippen LogP contribution in [0.25, 0.3) is 0 Å². The molecule has 118 valence electrons. The fraction of sp³-hybridized carbons (Fsp3) is 0.312. The fourth-order valence-corrected chi connectivity index (χ4v) is 3.01. The molecule has 0 radical (unpaired) electrons. The average Bonchev–Trinajstić information content (AvgIpc) is 3.02. The molecule has 6 nitrogen and oxygen atoms in total. The summed E-state index contributed by atoms with van der Waals surface area (Å²) in [4.78, 5) is 14.4. The van der Waals surface area contributed by atoms with Crippen molar-refractivity contribution >= 4 is 29.0 Å². The molecular formula is C16H16ClN5O. The first kappa shape index (κ1) is 15.4. The summed E-state index contributed by atoms with van der Waals surface area (Å²) in [5.41, 5.74) is 2.03. The van der Waals surface area contributed by atoms with Crippen LogP contribution in [-0.4, -0.2) is 28.3 Å². The maximum atomic E-state index is 12.6. The lowest BCUT2D eigenvalue weighted by atomic mass is 10.2. The second-order valence-corrected chi connectivity index (χ2v) is 5.96. The van der Waals surface area contributed by atoms with E-state index in [1.807, 2.05) is 26.1 Å². The standard InChI is InChI=1S/C16H16ClN5O/c1-10-7-15(21(2)20-10)22-6-5-14(16(22)23)19-12-4-3-11(9-18)13(17)8-12/h3-4,7-8,14,19H,5-6H2,1-2H3. The largest absolute Gasteiger partial charge is 0.374 e. The second-order valence-electron chi connectivity index (χ2n) is 5.55. The van der Waals surface area contributed by atoms with E-state index in [0.717, 1.165) is 17.2 Å². The van der Waals surface area contributed by atoms with E-state index in [2.05, 4.69) is 10.4 Å². The van der Waals surface area contributed by atoms with Crippen LogP contribution >= 0.6 is 11.6 Å². The molecule has 0 aliphatic carbocycles.